The van der Waals surface area contributed by atoms with Crippen LogP contribution >= 0.6 is 11.6 Å². The second kappa shape index (κ2) is 11.1. The molecule has 0 fully saturated rings. The Morgan fingerprint density at radius 2 is 1.61 bits per heavy atom. The normalized spacial score (nSPS) is 13.5. The van der Waals surface area contributed by atoms with E-state index in [9.17, 15) is 19.5 Å². The molecule has 7 heteroatoms. The van der Waals surface area contributed by atoms with Gasteiger partial charge in [-0.05, 0) is 31.5 Å². The quantitative estimate of drug-likeness (QED) is 0.208. The number of ketones is 1. The van der Waals surface area contributed by atoms with Gasteiger partial charge in [-0.3, -0.25) is 9.59 Å². The fraction of sp³-hybridized carbons (Fsp3) is 0.286. The van der Waals surface area contributed by atoms with E-state index < -0.39 is 29.6 Å². The number of allylic oxidation sites excluding steroid dienone is 1. The molecule has 2 atom stereocenters. The molecule has 0 spiro atoms. The second-order valence-corrected chi connectivity index (χ2v) is 6.36. The standard InChI is InChI=1S/C21H23ClO6/c1-5-11-27-20(25)17(13(3)23)19(15-7-9-16(22)10-8-15)18(14(4)24)21(26)28-12-6-2/h5-10,17,19,24H,1-2,11-12H2,3-4H3. The highest BCUT2D eigenvalue weighted by atomic mass is 35.5. The summed E-state index contributed by atoms with van der Waals surface area (Å²) < 4.78 is 10.1. The molecule has 0 aliphatic rings. The zero-order valence-electron chi connectivity index (χ0n) is 15.8. The lowest BCUT2D eigenvalue weighted by atomic mass is 9.78. The van der Waals surface area contributed by atoms with Crippen LogP contribution in [0.15, 0.2) is 60.9 Å². The molecule has 1 rings (SSSR count). The molecule has 0 saturated carbocycles. The van der Waals surface area contributed by atoms with Crippen molar-refractivity contribution in [3.63, 3.8) is 0 Å². The minimum absolute atomic E-state index is 0.103. The monoisotopic (exact) mass is 406 g/mol. The van der Waals surface area contributed by atoms with E-state index in [0.717, 1.165) is 0 Å². The molecule has 0 saturated heterocycles. The first-order valence-electron chi connectivity index (χ1n) is 8.45. The van der Waals surface area contributed by atoms with Crippen molar-refractivity contribution in [3.05, 3.63) is 71.5 Å². The van der Waals surface area contributed by atoms with Gasteiger partial charge in [-0.25, -0.2) is 4.79 Å². The highest BCUT2D eigenvalue weighted by Crippen LogP contribution is 2.36. The van der Waals surface area contributed by atoms with Gasteiger partial charge in [0.05, 0.1) is 5.57 Å². The Morgan fingerprint density at radius 1 is 1.07 bits per heavy atom. The summed E-state index contributed by atoms with van der Waals surface area (Å²) in [6.45, 7) is 9.21. The maximum Gasteiger partial charge on any atom is 0.338 e. The molecule has 0 bridgehead atoms. The Hall–Kier alpha value is -2.86. The van der Waals surface area contributed by atoms with Gasteiger partial charge >= 0.3 is 11.9 Å². The van der Waals surface area contributed by atoms with Crippen LogP contribution in [0.3, 0.4) is 0 Å². The first-order chi connectivity index (χ1) is 13.2. The molecule has 0 amide bonds. The number of esters is 2. The van der Waals surface area contributed by atoms with Crippen LogP contribution in [-0.2, 0) is 23.9 Å². The van der Waals surface area contributed by atoms with E-state index in [0.29, 0.717) is 10.6 Å². The molecular formula is C21H23ClO6. The molecule has 150 valence electrons. The number of halogens is 1. The Bertz CT molecular complexity index is 775. The van der Waals surface area contributed by atoms with Crippen molar-refractivity contribution in [1.29, 1.82) is 0 Å². The minimum atomic E-state index is -1.38. The van der Waals surface area contributed by atoms with Gasteiger partial charge in [0.1, 0.15) is 30.7 Å². The molecule has 1 N–H and O–H groups in total. The van der Waals surface area contributed by atoms with Gasteiger partial charge in [0.2, 0.25) is 0 Å². The molecule has 6 nitrogen and oxygen atoms in total. The van der Waals surface area contributed by atoms with Crippen LogP contribution in [0.5, 0.6) is 0 Å². The number of rotatable bonds is 10. The van der Waals surface area contributed by atoms with Crippen LogP contribution in [0.2, 0.25) is 5.02 Å². The summed E-state index contributed by atoms with van der Waals surface area (Å²) in [6.07, 6.45) is 2.72. The molecular weight excluding hydrogens is 384 g/mol. The van der Waals surface area contributed by atoms with E-state index in [4.69, 9.17) is 21.1 Å². The van der Waals surface area contributed by atoms with Gasteiger partial charge < -0.3 is 14.6 Å². The number of ether oxygens (including phenoxy) is 2. The lowest BCUT2D eigenvalue weighted by Gasteiger charge is -2.26. The molecule has 2 unspecified atom stereocenters. The second-order valence-electron chi connectivity index (χ2n) is 5.92. The van der Waals surface area contributed by atoms with Crippen molar-refractivity contribution in [2.24, 2.45) is 5.92 Å². The smallest absolute Gasteiger partial charge is 0.338 e. The van der Waals surface area contributed by atoms with E-state index in [1.54, 1.807) is 24.3 Å². The van der Waals surface area contributed by atoms with Gasteiger partial charge in [-0.15, -0.1) is 0 Å². The lowest BCUT2D eigenvalue weighted by Crippen LogP contribution is -2.34. The predicted molar refractivity (Wildman–Crippen MR) is 106 cm³/mol. The summed E-state index contributed by atoms with van der Waals surface area (Å²) in [5.41, 5.74) is 0.194. The van der Waals surface area contributed by atoms with Crippen LogP contribution in [0.1, 0.15) is 25.3 Å². The number of carbonyl (C=O) groups is 3. The number of hydrogen-bond donors (Lipinski definition) is 1. The van der Waals surface area contributed by atoms with Crippen molar-refractivity contribution in [2.45, 2.75) is 19.8 Å². The third-order valence-electron chi connectivity index (χ3n) is 3.85. The highest BCUT2D eigenvalue weighted by Gasteiger charge is 2.41. The van der Waals surface area contributed by atoms with Crippen molar-refractivity contribution in [1.82, 2.24) is 0 Å². The van der Waals surface area contributed by atoms with Crippen LogP contribution in [0, 0.1) is 5.92 Å². The summed E-state index contributed by atoms with van der Waals surface area (Å²) >= 11 is 5.93. The number of Topliss-reactive ketones (excluding diaryl/α,β-unsaturated/α-hetero) is 1. The van der Waals surface area contributed by atoms with Gasteiger partial charge in [0.25, 0.3) is 0 Å². The molecule has 0 aliphatic heterocycles. The third kappa shape index (κ3) is 6.09. The summed E-state index contributed by atoms with van der Waals surface area (Å²) in [6, 6.07) is 6.23. The topological polar surface area (TPSA) is 89.9 Å². The Kier molecular flexibility index (Phi) is 9.18. The fourth-order valence-electron chi connectivity index (χ4n) is 2.68. The fourth-order valence-corrected chi connectivity index (χ4v) is 2.80. The summed E-state index contributed by atoms with van der Waals surface area (Å²) in [5, 5.41) is 10.6. The van der Waals surface area contributed by atoms with Crippen LogP contribution in [-0.4, -0.2) is 36.0 Å². The number of carbonyl (C=O) groups excluding carboxylic acids is 3. The zero-order chi connectivity index (χ0) is 21.3. The predicted octanol–water partition coefficient (Wildman–Crippen LogP) is 3.92. The van der Waals surface area contributed by atoms with Gasteiger partial charge in [-0.1, -0.05) is 49.0 Å². The Morgan fingerprint density at radius 3 is 2.07 bits per heavy atom. The van der Waals surface area contributed by atoms with E-state index in [1.165, 1.54) is 26.0 Å². The van der Waals surface area contributed by atoms with Gasteiger partial charge in [-0.2, -0.15) is 0 Å². The number of aliphatic hydroxyl groups is 1. The molecule has 28 heavy (non-hydrogen) atoms. The summed E-state index contributed by atoms with van der Waals surface area (Å²) in [4.78, 5) is 37.6. The van der Waals surface area contributed by atoms with Crippen molar-refractivity contribution in [3.8, 4) is 0 Å². The van der Waals surface area contributed by atoms with Crippen LogP contribution in [0.25, 0.3) is 0 Å². The SMILES string of the molecule is C=CCOC(=O)C(=C(C)O)C(c1ccc(Cl)cc1)C(C(C)=O)C(=O)OCC=C. The van der Waals surface area contributed by atoms with Crippen molar-refractivity contribution >= 4 is 29.3 Å². The van der Waals surface area contributed by atoms with Crippen LogP contribution in [0.4, 0.5) is 0 Å². The van der Waals surface area contributed by atoms with Gasteiger partial charge in [0, 0.05) is 10.9 Å². The maximum atomic E-state index is 12.6. The minimum Gasteiger partial charge on any atom is -0.512 e. The summed E-state index contributed by atoms with van der Waals surface area (Å²) in [5.74, 6) is -5.14. The number of benzene rings is 1. The third-order valence-corrected chi connectivity index (χ3v) is 4.10. The average molecular weight is 407 g/mol. The van der Waals surface area contributed by atoms with E-state index >= 15 is 0 Å². The largest absolute Gasteiger partial charge is 0.512 e. The molecule has 0 heterocycles. The highest BCUT2D eigenvalue weighted by molar-refractivity contribution is 6.30. The zero-order valence-corrected chi connectivity index (χ0v) is 16.6. The first-order valence-corrected chi connectivity index (χ1v) is 8.83. The van der Waals surface area contributed by atoms with E-state index in [2.05, 4.69) is 13.2 Å². The molecule has 0 aromatic heterocycles. The van der Waals surface area contributed by atoms with E-state index in [-0.39, 0.29) is 24.5 Å². The average Bonchev–Trinajstić information content (AvgIpc) is 2.64. The Balaban J connectivity index is 3.58. The number of aliphatic hydroxyl groups excluding tert-OH is 1. The number of hydrogen-bond acceptors (Lipinski definition) is 6. The van der Waals surface area contributed by atoms with Crippen molar-refractivity contribution in [2.75, 3.05) is 13.2 Å². The van der Waals surface area contributed by atoms with E-state index in [1.807, 2.05) is 0 Å². The molecule has 1 aromatic carbocycles. The molecule has 0 radical (unpaired) electrons. The van der Waals surface area contributed by atoms with Crippen molar-refractivity contribution < 1.29 is 29.0 Å². The van der Waals surface area contributed by atoms with Crippen LogP contribution < -0.4 is 0 Å². The molecule has 1 aromatic rings. The Labute approximate surface area is 169 Å². The lowest BCUT2D eigenvalue weighted by molar-refractivity contribution is -0.151. The summed E-state index contributed by atoms with van der Waals surface area (Å²) in [7, 11) is 0. The first kappa shape index (κ1) is 23.2. The molecule has 0 aliphatic carbocycles. The maximum absolute atomic E-state index is 12.6. The van der Waals surface area contributed by atoms with Gasteiger partial charge in [0.15, 0.2) is 0 Å².